The van der Waals surface area contributed by atoms with E-state index in [0.717, 1.165) is 0 Å². The Bertz CT molecular complexity index is 468. The quantitative estimate of drug-likeness (QED) is 0.801. The number of nitrogens with zero attached hydrogens (tertiary/aromatic N) is 1. The van der Waals surface area contributed by atoms with E-state index in [2.05, 4.69) is 4.99 Å². The molecule has 1 heterocycles. The molecule has 1 N–H and O–H groups in total. The molecule has 0 saturated heterocycles. The average molecular weight is 239 g/mol. The van der Waals surface area contributed by atoms with Crippen LogP contribution < -0.4 is 0 Å². The lowest BCUT2D eigenvalue weighted by molar-refractivity contribution is 0.279. The minimum atomic E-state index is -2.02. The number of aliphatic imine (C=N–C) groups is 1. The summed E-state index contributed by atoms with van der Waals surface area (Å²) in [6.07, 6.45) is 0. The van der Waals surface area contributed by atoms with E-state index in [9.17, 15) is 4.21 Å². The maximum atomic E-state index is 11.1. The van der Waals surface area contributed by atoms with Gasteiger partial charge in [0.2, 0.25) is 5.90 Å². The van der Waals surface area contributed by atoms with Crippen LogP contribution in [0.2, 0.25) is 0 Å². The summed E-state index contributed by atoms with van der Waals surface area (Å²) < 4.78 is 25.7. The second-order valence-electron chi connectivity index (χ2n) is 4.26. The van der Waals surface area contributed by atoms with Crippen molar-refractivity contribution in [3.05, 3.63) is 29.8 Å². The molecule has 0 saturated carbocycles. The summed E-state index contributed by atoms with van der Waals surface area (Å²) in [6, 6.07) is 6.85. The van der Waals surface area contributed by atoms with Gasteiger partial charge < -0.3 is 9.29 Å². The Morgan fingerprint density at radius 1 is 1.44 bits per heavy atom. The first-order chi connectivity index (χ1) is 7.49. The summed E-state index contributed by atoms with van der Waals surface area (Å²) in [6.45, 7) is 4.41. The Kier molecular flexibility index (Phi) is 2.82. The molecule has 1 aromatic rings. The SMILES string of the molecule is CC1(C)COC(c2ccccc2S(=O)O)=N1. The summed E-state index contributed by atoms with van der Waals surface area (Å²) in [5, 5.41) is 0. The number of rotatable bonds is 2. The molecular weight excluding hydrogens is 226 g/mol. The van der Waals surface area contributed by atoms with Crippen molar-refractivity contribution in [2.24, 2.45) is 4.99 Å². The molecule has 4 nitrogen and oxygen atoms in total. The van der Waals surface area contributed by atoms with Crippen molar-refractivity contribution in [2.75, 3.05) is 6.61 Å². The number of benzene rings is 1. The van der Waals surface area contributed by atoms with Crippen LogP contribution in [0.3, 0.4) is 0 Å². The van der Waals surface area contributed by atoms with Gasteiger partial charge in [-0.2, -0.15) is 0 Å². The molecule has 1 aliphatic heterocycles. The Morgan fingerprint density at radius 2 is 2.12 bits per heavy atom. The van der Waals surface area contributed by atoms with Gasteiger partial charge in [0.1, 0.15) is 6.61 Å². The van der Waals surface area contributed by atoms with Crippen molar-refractivity contribution in [3.8, 4) is 0 Å². The smallest absolute Gasteiger partial charge is 0.218 e. The molecule has 0 fully saturated rings. The fourth-order valence-electron chi connectivity index (χ4n) is 1.52. The lowest BCUT2D eigenvalue weighted by Crippen LogP contribution is -2.17. The van der Waals surface area contributed by atoms with E-state index >= 15 is 0 Å². The Morgan fingerprint density at radius 3 is 2.69 bits per heavy atom. The first-order valence-electron chi connectivity index (χ1n) is 4.92. The van der Waals surface area contributed by atoms with Crippen LogP contribution in [-0.4, -0.2) is 26.8 Å². The zero-order valence-electron chi connectivity index (χ0n) is 9.14. The van der Waals surface area contributed by atoms with Crippen LogP contribution in [0, 0.1) is 0 Å². The van der Waals surface area contributed by atoms with Crippen molar-refractivity contribution in [2.45, 2.75) is 24.3 Å². The van der Waals surface area contributed by atoms with Crippen molar-refractivity contribution < 1.29 is 13.5 Å². The van der Waals surface area contributed by atoms with E-state index in [-0.39, 0.29) is 5.54 Å². The van der Waals surface area contributed by atoms with Crippen LogP contribution in [0.4, 0.5) is 0 Å². The van der Waals surface area contributed by atoms with Crippen molar-refractivity contribution in [1.29, 1.82) is 0 Å². The number of ether oxygens (including phenoxy) is 1. The fourth-order valence-corrected chi connectivity index (χ4v) is 2.06. The molecule has 0 aliphatic carbocycles. The normalized spacial score (nSPS) is 20.1. The monoisotopic (exact) mass is 239 g/mol. The van der Waals surface area contributed by atoms with E-state index in [1.54, 1.807) is 24.3 Å². The zero-order chi connectivity index (χ0) is 11.8. The van der Waals surface area contributed by atoms with E-state index in [0.29, 0.717) is 23.0 Å². The van der Waals surface area contributed by atoms with Gasteiger partial charge in [0, 0.05) is 0 Å². The summed E-state index contributed by atoms with van der Waals surface area (Å²) in [4.78, 5) is 4.71. The molecule has 1 aliphatic rings. The number of hydrogen-bond donors (Lipinski definition) is 1. The van der Waals surface area contributed by atoms with Gasteiger partial charge in [-0.3, -0.25) is 0 Å². The summed E-state index contributed by atoms with van der Waals surface area (Å²) >= 11 is -2.02. The largest absolute Gasteiger partial charge is 0.475 e. The molecule has 1 unspecified atom stereocenters. The molecule has 0 bridgehead atoms. The third kappa shape index (κ3) is 2.15. The maximum absolute atomic E-state index is 11.1. The molecule has 2 rings (SSSR count). The molecule has 5 heteroatoms. The molecule has 0 spiro atoms. The fraction of sp³-hybridized carbons (Fsp3) is 0.364. The van der Waals surface area contributed by atoms with Crippen LogP contribution in [-0.2, 0) is 15.8 Å². The molecule has 0 amide bonds. The zero-order valence-corrected chi connectivity index (χ0v) is 9.95. The lowest BCUT2D eigenvalue weighted by Gasteiger charge is -2.07. The van der Waals surface area contributed by atoms with Gasteiger partial charge in [0.05, 0.1) is 16.0 Å². The highest BCUT2D eigenvalue weighted by Gasteiger charge is 2.28. The highest BCUT2D eigenvalue weighted by molar-refractivity contribution is 7.79. The number of hydrogen-bond acceptors (Lipinski definition) is 3. The second kappa shape index (κ2) is 3.99. The van der Waals surface area contributed by atoms with Crippen LogP contribution >= 0.6 is 0 Å². The second-order valence-corrected chi connectivity index (χ2v) is 5.20. The predicted molar refractivity (Wildman–Crippen MR) is 62.0 cm³/mol. The first-order valence-corrected chi connectivity index (χ1v) is 6.03. The van der Waals surface area contributed by atoms with Gasteiger partial charge in [-0.05, 0) is 26.0 Å². The van der Waals surface area contributed by atoms with Crippen molar-refractivity contribution in [1.82, 2.24) is 0 Å². The molecule has 0 aromatic heterocycles. The van der Waals surface area contributed by atoms with Crippen LogP contribution in [0.5, 0.6) is 0 Å². The lowest BCUT2D eigenvalue weighted by atomic mass is 10.1. The van der Waals surface area contributed by atoms with E-state index in [1.807, 2.05) is 13.8 Å². The van der Waals surface area contributed by atoms with Gasteiger partial charge in [-0.1, -0.05) is 12.1 Å². The standard InChI is InChI=1S/C11H13NO3S/c1-11(2)7-15-10(12-11)8-5-3-4-6-9(8)16(13)14/h3-6H,7H2,1-2H3,(H,13,14). The average Bonchev–Trinajstić information content (AvgIpc) is 2.59. The van der Waals surface area contributed by atoms with Gasteiger partial charge in [-0.25, -0.2) is 9.20 Å². The summed E-state index contributed by atoms with van der Waals surface area (Å²) in [7, 11) is 0. The Hall–Kier alpha value is -1.20. The topological polar surface area (TPSA) is 58.9 Å². The van der Waals surface area contributed by atoms with Gasteiger partial charge >= 0.3 is 0 Å². The maximum Gasteiger partial charge on any atom is 0.218 e. The minimum Gasteiger partial charge on any atom is -0.475 e. The van der Waals surface area contributed by atoms with E-state index in [1.165, 1.54) is 0 Å². The van der Waals surface area contributed by atoms with Crippen LogP contribution in [0.25, 0.3) is 0 Å². The predicted octanol–water partition coefficient (Wildman–Crippen LogP) is 1.82. The third-order valence-electron chi connectivity index (χ3n) is 2.27. The van der Waals surface area contributed by atoms with Gasteiger partial charge in [-0.15, -0.1) is 0 Å². The van der Waals surface area contributed by atoms with Crippen LogP contribution in [0.1, 0.15) is 19.4 Å². The molecule has 86 valence electrons. The highest BCUT2D eigenvalue weighted by atomic mass is 32.2. The molecular formula is C11H13NO3S. The third-order valence-corrected chi connectivity index (χ3v) is 3.00. The Labute approximate surface area is 96.6 Å². The van der Waals surface area contributed by atoms with Crippen molar-refractivity contribution >= 4 is 17.0 Å². The highest BCUT2D eigenvalue weighted by Crippen LogP contribution is 2.23. The molecule has 1 atom stereocenters. The van der Waals surface area contributed by atoms with Crippen LogP contribution in [0.15, 0.2) is 34.2 Å². The van der Waals surface area contributed by atoms with E-state index < -0.39 is 11.1 Å². The molecule has 0 radical (unpaired) electrons. The minimum absolute atomic E-state index is 0.264. The van der Waals surface area contributed by atoms with Crippen molar-refractivity contribution in [3.63, 3.8) is 0 Å². The summed E-state index contributed by atoms with van der Waals surface area (Å²) in [5.41, 5.74) is 0.327. The van der Waals surface area contributed by atoms with Gasteiger partial charge in [0.15, 0.2) is 11.1 Å². The van der Waals surface area contributed by atoms with E-state index in [4.69, 9.17) is 9.29 Å². The Balaban J connectivity index is 2.46. The van der Waals surface area contributed by atoms with Gasteiger partial charge in [0.25, 0.3) is 0 Å². The summed E-state index contributed by atoms with van der Waals surface area (Å²) in [5.74, 6) is 0.447. The first kappa shape index (κ1) is 11.3. The molecule has 1 aromatic carbocycles. The molecule has 16 heavy (non-hydrogen) atoms.